The van der Waals surface area contributed by atoms with Gasteiger partial charge in [0.15, 0.2) is 0 Å². The Morgan fingerprint density at radius 3 is 1.18 bits per heavy atom. The number of rotatable bonds is 23. The van der Waals surface area contributed by atoms with Crippen molar-refractivity contribution in [1.82, 2.24) is 15.5 Å². The molecule has 0 aromatic rings. The molecule has 34 heavy (non-hydrogen) atoms. The number of hydrogen-bond acceptors (Lipinski definition) is 5. The molecule has 7 heteroatoms. The maximum Gasteiger partial charge on any atom is 0.220 e. The second-order valence-electron chi connectivity index (χ2n) is 9.43. The third-order valence-corrected chi connectivity index (χ3v) is 7.52. The Labute approximate surface area is 220 Å². The molecule has 0 fully saturated rings. The molecule has 0 aromatic carbocycles. The second-order valence-corrected chi connectivity index (χ2v) is 12.1. The highest BCUT2D eigenvalue weighted by atomic mass is 33.1. The lowest BCUT2D eigenvalue weighted by molar-refractivity contribution is -0.121. The van der Waals surface area contributed by atoms with Crippen molar-refractivity contribution >= 4 is 33.4 Å². The monoisotopic (exact) mass is 519 g/mol. The predicted octanol–water partition coefficient (Wildman–Crippen LogP) is 7.06. The molecule has 0 aromatic heterocycles. The van der Waals surface area contributed by atoms with Crippen LogP contribution in [0.2, 0.25) is 0 Å². The highest BCUT2D eigenvalue weighted by Gasteiger charge is 2.02. The van der Waals surface area contributed by atoms with Gasteiger partial charge in [0.1, 0.15) is 0 Å². The highest BCUT2D eigenvalue weighted by Crippen LogP contribution is 2.19. The molecular formula is C27H57N3O2S2. The first kappa shape index (κ1) is 35.8. The van der Waals surface area contributed by atoms with Gasteiger partial charge in [0, 0.05) is 37.4 Å². The molecule has 204 valence electrons. The van der Waals surface area contributed by atoms with Gasteiger partial charge in [-0.1, -0.05) is 112 Å². The molecule has 0 heterocycles. The molecule has 2 amide bonds. The lowest BCUT2D eigenvalue weighted by Gasteiger charge is -2.06. The van der Waals surface area contributed by atoms with Gasteiger partial charge in [-0.15, -0.1) is 0 Å². The summed E-state index contributed by atoms with van der Waals surface area (Å²) in [4.78, 5) is 25.6. The zero-order chi connectivity index (χ0) is 25.7. The fourth-order valence-corrected chi connectivity index (χ4v) is 5.06. The van der Waals surface area contributed by atoms with Gasteiger partial charge < -0.3 is 15.5 Å². The normalized spacial score (nSPS) is 10.6. The van der Waals surface area contributed by atoms with Crippen LogP contribution in [0.15, 0.2) is 0 Å². The smallest absolute Gasteiger partial charge is 0.220 e. The molecule has 0 unspecified atom stereocenters. The minimum Gasteiger partial charge on any atom is -0.355 e. The summed E-state index contributed by atoms with van der Waals surface area (Å²) in [5, 5.41) is 6.01. The maximum absolute atomic E-state index is 11.8. The fraction of sp³-hybridized carbons (Fsp3) is 0.926. The van der Waals surface area contributed by atoms with E-state index in [4.69, 9.17) is 0 Å². The Balaban J connectivity index is 0. The molecule has 2 N–H and O–H groups in total. The van der Waals surface area contributed by atoms with Gasteiger partial charge >= 0.3 is 0 Å². The molecule has 0 saturated heterocycles. The zero-order valence-electron chi connectivity index (χ0n) is 23.2. The van der Waals surface area contributed by atoms with E-state index in [1.54, 1.807) is 21.6 Å². The van der Waals surface area contributed by atoms with Crippen LogP contribution in [0.4, 0.5) is 0 Å². The summed E-state index contributed by atoms with van der Waals surface area (Å²) in [6.07, 6.45) is 18.7. The summed E-state index contributed by atoms with van der Waals surface area (Å²) in [6.45, 7) is 5.94. The Bertz CT molecular complexity index is 399. The van der Waals surface area contributed by atoms with Crippen LogP contribution in [-0.4, -0.2) is 62.5 Å². The van der Waals surface area contributed by atoms with Crippen molar-refractivity contribution in [1.29, 1.82) is 0 Å². The van der Waals surface area contributed by atoms with Gasteiger partial charge in [0.25, 0.3) is 0 Å². The minimum absolute atomic E-state index is 0.187. The van der Waals surface area contributed by atoms with Gasteiger partial charge in [0.05, 0.1) is 0 Å². The van der Waals surface area contributed by atoms with Gasteiger partial charge in [0.2, 0.25) is 11.8 Å². The minimum atomic E-state index is 0.187. The molecule has 0 aliphatic carbocycles. The van der Waals surface area contributed by atoms with E-state index in [0.29, 0.717) is 12.8 Å². The van der Waals surface area contributed by atoms with Crippen LogP contribution in [0.1, 0.15) is 117 Å². The fourth-order valence-electron chi connectivity index (χ4n) is 3.24. The van der Waals surface area contributed by atoms with Crippen LogP contribution in [0.25, 0.3) is 0 Å². The van der Waals surface area contributed by atoms with E-state index in [9.17, 15) is 9.59 Å². The van der Waals surface area contributed by atoms with E-state index in [1.807, 2.05) is 26.0 Å². The van der Waals surface area contributed by atoms with Crippen LogP contribution in [0.5, 0.6) is 0 Å². The number of nitrogens with zero attached hydrogens (tertiary/aromatic N) is 1. The van der Waals surface area contributed by atoms with E-state index >= 15 is 0 Å². The van der Waals surface area contributed by atoms with Crippen molar-refractivity contribution < 1.29 is 9.59 Å². The molecule has 0 rings (SSSR count). The van der Waals surface area contributed by atoms with E-state index in [-0.39, 0.29) is 11.8 Å². The molecule has 0 bridgehead atoms. The summed E-state index contributed by atoms with van der Waals surface area (Å²) >= 11 is 0. The van der Waals surface area contributed by atoms with E-state index in [0.717, 1.165) is 37.4 Å². The first-order chi connectivity index (χ1) is 16.4. The molecule has 5 nitrogen and oxygen atoms in total. The maximum atomic E-state index is 11.8. The number of unbranched alkanes of at least 4 members (excludes halogenated alkanes) is 12. The quantitative estimate of drug-likeness (QED) is 0.112. The van der Waals surface area contributed by atoms with Crippen molar-refractivity contribution in [2.75, 3.05) is 45.7 Å². The number of amides is 2. The van der Waals surface area contributed by atoms with Crippen LogP contribution in [0, 0.1) is 0 Å². The average Bonchev–Trinajstić information content (AvgIpc) is 2.79. The Morgan fingerprint density at radius 1 is 0.559 bits per heavy atom. The van der Waals surface area contributed by atoms with Gasteiger partial charge in [-0.2, -0.15) is 0 Å². The molecule has 0 saturated carbocycles. The summed E-state index contributed by atoms with van der Waals surface area (Å²) in [7, 11) is 9.54. The SMILES string of the molecule is CCCCCCCCCC(=O)NCCSSCCNC(=O)CCCCCCCCC.CN(C)C. The van der Waals surface area contributed by atoms with Crippen molar-refractivity contribution in [3.63, 3.8) is 0 Å². The summed E-state index contributed by atoms with van der Waals surface area (Å²) in [5.41, 5.74) is 0. The summed E-state index contributed by atoms with van der Waals surface area (Å²) < 4.78 is 0. The number of nitrogens with one attached hydrogen (secondary N) is 2. The third-order valence-electron chi connectivity index (χ3n) is 5.11. The Morgan fingerprint density at radius 2 is 0.853 bits per heavy atom. The van der Waals surface area contributed by atoms with Gasteiger partial charge in [-0.25, -0.2) is 0 Å². The predicted molar refractivity (Wildman–Crippen MR) is 156 cm³/mol. The van der Waals surface area contributed by atoms with Gasteiger partial charge in [-0.3, -0.25) is 9.59 Å². The summed E-state index contributed by atoms with van der Waals surface area (Å²) in [5.74, 6) is 2.21. The lowest BCUT2D eigenvalue weighted by Crippen LogP contribution is -2.26. The van der Waals surface area contributed by atoms with Crippen molar-refractivity contribution in [3.8, 4) is 0 Å². The zero-order valence-corrected chi connectivity index (χ0v) is 24.9. The molecule has 0 aliphatic rings. The Hall–Kier alpha value is -0.400. The van der Waals surface area contributed by atoms with Gasteiger partial charge in [-0.05, 0) is 34.0 Å². The van der Waals surface area contributed by atoms with Crippen LogP contribution >= 0.6 is 21.6 Å². The van der Waals surface area contributed by atoms with Crippen molar-refractivity contribution in [3.05, 3.63) is 0 Å². The first-order valence-corrected chi connectivity index (χ1v) is 16.3. The largest absolute Gasteiger partial charge is 0.355 e. The second kappa shape index (κ2) is 30.6. The number of carbonyl (C=O) groups is 2. The number of hydrogen-bond donors (Lipinski definition) is 2. The third kappa shape index (κ3) is 36.2. The molecule has 0 spiro atoms. The topological polar surface area (TPSA) is 61.4 Å². The van der Waals surface area contributed by atoms with Crippen LogP contribution in [0.3, 0.4) is 0 Å². The first-order valence-electron chi connectivity index (χ1n) is 13.8. The average molecular weight is 520 g/mol. The molecule has 0 radical (unpaired) electrons. The van der Waals surface area contributed by atoms with E-state index in [2.05, 4.69) is 24.5 Å². The standard InChI is InChI=1S/C24H48N2O2S2.C3H9N/c1-3-5-7-9-11-13-15-17-23(27)25-19-21-29-30-22-20-26-24(28)18-16-14-12-10-8-6-4-2;1-4(2)3/h3-22H2,1-2H3,(H,25,27)(H,26,28);1-3H3. The molecule has 0 aliphatic heterocycles. The van der Waals surface area contributed by atoms with Crippen LogP contribution in [-0.2, 0) is 9.59 Å². The van der Waals surface area contributed by atoms with Crippen LogP contribution < -0.4 is 10.6 Å². The lowest BCUT2D eigenvalue weighted by atomic mass is 10.1. The molecular weight excluding hydrogens is 462 g/mol. The summed E-state index contributed by atoms with van der Waals surface area (Å²) in [6, 6.07) is 0. The van der Waals surface area contributed by atoms with E-state index in [1.165, 1.54) is 77.0 Å². The van der Waals surface area contributed by atoms with Crippen molar-refractivity contribution in [2.24, 2.45) is 0 Å². The van der Waals surface area contributed by atoms with E-state index < -0.39 is 0 Å². The molecule has 0 atom stereocenters. The highest BCUT2D eigenvalue weighted by molar-refractivity contribution is 8.76. The Kier molecular flexibility index (Phi) is 32.2. The van der Waals surface area contributed by atoms with Crippen molar-refractivity contribution in [2.45, 2.75) is 117 Å². The number of carbonyl (C=O) groups excluding carboxylic acids is 2.